The van der Waals surface area contributed by atoms with E-state index >= 15 is 0 Å². The van der Waals surface area contributed by atoms with Crippen LogP contribution in [0.4, 0.5) is 5.69 Å². The summed E-state index contributed by atoms with van der Waals surface area (Å²) in [5, 5.41) is 3.32. The predicted molar refractivity (Wildman–Crippen MR) is 124 cm³/mol. The van der Waals surface area contributed by atoms with Gasteiger partial charge in [0.05, 0.1) is 10.6 Å². The summed E-state index contributed by atoms with van der Waals surface area (Å²) in [7, 11) is -3.83. The van der Waals surface area contributed by atoms with Crippen LogP contribution in [-0.2, 0) is 10.0 Å². The lowest BCUT2D eigenvalue weighted by atomic mass is 10.2. The average Bonchev–Trinajstić information content (AvgIpc) is 2.77. The molecule has 0 atom stereocenters. The minimum Gasteiger partial charge on any atom is -0.352 e. The zero-order valence-corrected chi connectivity index (χ0v) is 19.3. The van der Waals surface area contributed by atoms with Crippen LogP contribution in [-0.4, -0.2) is 69.9 Å². The first-order chi connectivity index (χ1) is 14.9. The summed E-state index contributed by atoms with van der Waals surface area (Å²) >= 11 is 5.92. The van der Waals surface area contributed by atoms with Gasteiger partial charge in [-0.15, -0.1) is 0 Å². The number of anilines is 1. The van der Waals surface area contributed by atoms with Gasteiger partial charge in [0, 0.05) is 43.3 Å². The van der Waals surface area contributed by atoms with E-state index in [4.69, 9.17) is 11.6 Å². The van der Waals surface area contributed by atoms with Gasteiger partial charge in [0.1, 0.15) is 0 Å². The summed E-state index contributed by atoms with van der Waals surface area (Å²) in [5.41, 5.74) is 0.674. The van der Waals surface area contributed by atoms with Gasteiger partial charge in [-0.1, -0.05) is 30.7 Å². The molecule has 0 aromatic heterocycles. The van der Waals surface area contributed by atoms with E-state index in [-0.39, 0.29) is 10.8 Å². The van der Waals surface area contributed by atoms with E-state index in [0.717, 1.165) is 45.7 Å². The summed E-state index contributed by atoms with van der Waals surface area (Å²) < 4.78 is 27.8. The average molecular weight is 465 g/mol. The number of hydrogen-bond acceptors (Lipinski definition) is 5. The van der Waals surface area contributed by atoms with Crippen molar-refractivity contribution in [2.45, 2.75) is 18.2 Å². The second-order valence-corrected chi connectivity index (χ2v) is 9.65. The molecule has 1 amide bonds. The van der Waals surface area contributed by atoms with Crippen LogP contribution in [0.5, 0.6) is 0 Å². The van der Waals surface area contributed by atoms with Crippen LogP contribution in [0.15, 0.2) is 53.4 Å². The van der Waals surface area contributed by atoms with Crippen molar-refractivity contribution >= 4 is 33.2 Å². The Hall–Kier alpha value is -2.13. The molecule has 1 fully saturated rings. The highest BCUT2D eigenvalue weighted by molar-refractivity contribution is 7.92. The van der Waals surface area contributed by atoms with E-state index in [9.17, 15) is 13.2 Å². The van der Waals surface area contributed by atoms with E-state index in [2.05, 4.69) is 26.8 Å². The minimum absolute atomic E-state index is 0.0221. The number of carbonyl (C=O) groups excluding carboxylic acids is 1. The maximum absolute atomic E-state index is 12.7. The Morgan fingerprint density at radius 3 is 2.45 bits per heavy atom. The molecule has 1 aliphatic heterocycles. The Kier molecular flexibility index (Phi) is 8.31. The quantitative estimate of drug-likeness (QED) is 0.557. The molecule has 9 heteroatoms. The SMILES string of the molecule is CCN1CCN(CCCNC(=O)c2cccc(S(=O)(=O)Nc3cccc(Cl)c3)c2)CC1. The topological polar surface area (TPSA) is 81.8 Å². The van der Waals surface area contributed by atoms with E-state index in [1.807, 2.05) is 0 Å². The van der Waals surface area contributed by atoms with Crippen LogP contribution < -0.4 is 10.0 Å². The molecule has 2 aromatic rings. The Bertz CT molecular complexity index is 992. The van der Waals surface area contributed by atoms with Crippen molar-refractivity contribution in [3.05, 3.63) is 59.1 Å². The molecule has 0 radical (unpaired) electrons. The van der Waals surface area contributed by atoms with Gasteiger partial charge < -0.3 is 15.1 Å². The van der Waals surface area contributed by atoms with E-state index < -0.39 is 10.0 Å². The molecule has 1 heterocycles. The van der Waals surface area contributed by atoms with Gasteiger partial charge in [-0.2, -0.15) is 0 Å². The zero-order valence-electron chi connectivity index (χ0n) is 17.7. The Morgan fingerprint density at radius 2 is 1.74 bits per heavy atom. The first kappa shape index (κ1) is 23.5. The van der Waals surface area contributed by atoms with Crippen molar-refractivity contribution in [1.29, 1.82) is 0 Å². The summed E-state index contributed by atoms with van der Waals surface area (Å²) in [4.78, 5) is 17.4. The summed E-state index contributed by atoms with van der Waals surface area (Å²) in [6.45, 7) is 9.05. The maximum atomic E-state index is 12.7. The Labute approximate surface area is 189 Å². The number of rotatable bonds is 9. The molecule has 168 valence electrons. The number of halogens is 1. The molecule has 0 bridgehead atoms. The molecule has 1 aliphatic rings. The molecule has 0 saturated carbocycles. The zero-order chi connectivity index (χ0) is 22.3. The fraction of sp³-hybridized carbons (Fsp3) is 0.409. The van der Waals surface area contributed by atoms with Gasteiger partial charge >= 0.3 is 0 Å². The number of carbonyl (C=O) groups is 1. The van der Waals surface area contributed by atoms with Crippen molar-refractivity contribution in [2.75, 3.05) is 50.5 Å². The number of nitrogens with zero attached hydrogens (tertiary/aromatic N) is 2. The monoisotopic (exact) mass is 464 g/mol. The van der Waals surface area contributed by atoms with Crippen LogP contribution in [0.1, 0.15) is 23.7 Å². The lowest BCUT2D eigenvalue weighted by molar-refractivity contribution is 0.0948. The number of benzene rings is 2. The number of nitrogens with one attached hydrogen (secondary N) is 2. The summed E-state index contributed by atoms with van der Waals surface area (Å²) in [6.07, 6.45) is 0.853. The van der Waals surface area contributed by atoms with Crippen LogP contribution >= 0.6 is 11.6 Å². The van der Waals surface area contributed by atoms with E-state index in [1.54, 1.807) is 30.3 Å². The van der Waals surface area contributed by atoms with Crippen molar-refractivity contribution in [3.63, 3.8) is 0 Å². The number of likely N-dealkylation sites (N-methyl/N-ethyl adjacent to an activating group) is 1. The molecule has 31 heavy (non-hydrogen) atoms. The number of piperazine rings is 1. The van der Waals surface area contributed by atoms with E-state index in [0.29, 0.717) is 22.8 Å². The number of sulfonamides is 1. The second-order valence-electron chi connectivity index (χ2n) is 7.53. The van der Waals surface area contributed by atoms with Crippen molar-refractivity contribution in [2.24, 2.45) is 0 Å². The smallest absolute Gasteiger partial charge is 0.261 e. The molecular formula is C22H29ClN4O3S. The molecule has 7 nitrogen and oxygen atoms in total. The number of amides is 1. The highest BCUT2D eigenvalue weighted by Gasteiger charge is 2.17. The van der Waals surface area contributed by atoms with Crippen LogP contribution in [0, 0.1) is 0 Å². The second kappa shape index (κ2) is 10.9. The van der Waals surface area contributed by atoms with Crippen molar-refractivity contribution in [3.8, 4) is 0 Å². The van der Waals surface area contributed by atoms with Gasteiger partial charge in [-0.05, 0) is 55.9 Å². The third-order valence-electron chi connectivity index (χ3n) is 5.33. The molecule has 2 N–H and O–H groups in total. The molecular weight excluding hydrogens is 436 g/mol. The van der Waals surface area contributed by atoms with Gasteiger partial charge in [-0.25, -0.2) is 8.42 Å². The van der Waals surface area contributed by atoms with Gasteiger partial charge in [0.25, 0.3) is 15.9 Å². The van der Waals surface area contributed by atoms with Gasteiger partial charge in [0.2, 0.25) is 0 Å². The molecule has 2 aromatic carbocycles. The van der Waals surface area contributed by atoms with Gasteiger partial charge in [-0.3, -0.25) is 9.52 Å². The highest BCUT2D eigenvalue weighted by Crippen LogP contribution is 2.20. The van der Waals surface area contributed by atoms with Crippen molar-refractivity contribution in [1.82, 2.24) is 15.1 Å². The first-order valence-electron chi connectivity index (χ1n) is 10.5. The highest BCUT2D eigenvalue weighted by atomic mass is 35.5. The summed E-state index contributed by atoms with van der Waals surface area (Å²) in [5.74, 6) is -0.282. The third kappa shape index (κ3) is 6.93. The van der Waals surface area contributed by atoms with Crippen molar-refractivity contribution < 1.29 is 13.2 Å². The minimum atomic E-state index is -3.83. The summed E-state index contributed by atoms with van der Waals surface area (Å²) in [6, 6.07) is 12.5. The fourth-order valence-electron chi connectivity index (χ4n) is 3.51. The lowest BCUT2D eigenvalue weighted by Gasteiger charge is -2.33. The first-order valence-corrected chi connectivity index (χ1v) is 12.3. The maximum Gasteiger partial charge on any atom is 0.261 e. The largest absolute Gasteiger partial charge is 0.352 e. The predicted octanol–water partition coefficient (Wildman–Crippen LogP) is 2.90. The van der Waals surface area contributed by atoms with E-state index in [1.165, 1.54) is 18.2 Å². The Balaban J connectivity index is 1.51. The van der Waals surface area contributed by atoms with Crippen LogP contribution in [0.25, 0.3) is 0 Å². The van der Waals surface area contributed by atoms with Crippen LogP contribution in [0.2, 0.25) is 5.02 Å². The normalized spacial score (nSPS) is 15.5. The molecule has 0 aliphatic carbocycles. The molecule has 0 unspecified atom stereocenters. The van der Waals surface area contributed by atoms with Gasteiger partial charge in [0.15, 0.2) is 0 Å². The molecule has 1 saturated heterocycles. The standard InChI is InChI=1S/C22H29ClN4O3S/c1-2-26-12-14-27(15-13-26)11-5-10-24-22(28)18-6-3-9-21(16-18)31(29,30)25-20-8-4-7-19(23)17-20/h3-4,6-9,16-17,25H,2,5,10-15H2,1H3,(H,24,28). The molecule has 3 rings (SSSR count). The molecule has 0 spiro atoms. The Morgan fingerprint density at radius 1 is 1.03 bits per heavy atom. The fourth-order valence-corrected chi connectivity index (χ4v) is 4.79. The van der Waals surface area contributed by atoms with Crippen LogP contribution in [0.3, 0.4) is 0 Å². The number of hydrogen-bond donors (Lipinski definition) is 2. The third-order valence-corrected chi connectivity index (χ3v) is 6.95. The lowest BCUT2D eigenvalue weighted by Crippen LogP contribution is -2.46.